The first-order chi connectivity index (χ1) is 14.9. The number of nitrogens with one attached hydrogen (secondary N) is 3. The summed E-state index contributed by atoms with van der Waals surface area (Å²) in [6.07, 6.45) is 2.30. The summed E-state index contributed by atoms with van der Waals surface area (Å²) < 4.78 is 5.69. The minimum Gasteiger partial charge on any atom is -0.492 e. The third-order valence-electron chi connectivity index (χ3n) is 4.99. The molecule has 0 saturated heterocycles. The van der Waals surface area contributed by atoms with E-state index in [1.807, 2.05) is 68.8 Å². The first-order valence-corrected chi connectivity index (χ1v) is 10.4. The van der Waals surface area contributed by atoms with Crippen LogP contribution in [-0.2, 0) is 22.6 Å². The summed E-state index contributed by atoms with van der Waals surface area (Å²) >= 11 is 0. The van der Waals surface area contributed by atoms with Crippen LogP contribution in [0.1, 0.15) is 18.1 Å². The Hall–Kier alpha value is -3.32. The van der Waals surface area contributed by atoms with Gasteiger partial charge in [-0.15, -0.1) is 0 Å². The number of benzene rings is 2. The lowest BCUT2D eigenvalue weighted by atomic mass is 10.0. The molecule has 0 aliphatic carbocycles. The first kappa shape index (κ1) is 22.4. The lowest BCUT2D eigenvalue weighted by Gasteiger charge is -2.17. The number of aromatic nitrogens is 1. The molecule has 3 N–H and O–H groups in total. The Morgan fingerprint density at radius 2 is 1.84 bits per heavy atom. The van der Waals surface area contributed by atoms with E-state index in [4.69, 9.17) is 4.74 Å². The number of amides is 2. The fourth-order valence-corrected chi connectivity index (χ4v) is 3.34. The monoisotopic (exact) mass is 422 g/mol. The van der Waals surface area contributed by atoms with Crippen LogP contribution in [0.25, 0.3) is 10.9 Å². The van der Waals surface area contributed by atoms with Gasteiger partial charge in [0.15, 0.2) is 0 Å². The highest BCUT2D eigenvalue weighted by Crippen LogP contribution is 2.19. The van der Waals surface area contributed by atoms with Crippen molar-refractivity contribution in [2.24, 2.45) is 0 Å². The molecule has 3 rings (SSSR count). The van der Waals surface area contributed by atoms with Crippen molar-refractivity contribution in [2.75, 3.05) is 27.2 Å². The SMILES string of the molecule is CC(=O)NC(Cc1c[nH]c2ccccc12)C(=O)NCc1ccc(OCCN(C)C)cc1. The van der Waals surface area contributed by atoms with Gasteiger partial charge in [-0.05, 0) is 43.4 Å². The number of hydrogen-bond acceptors (Lipinski definition) is 4. The Balaban J connectivity index is 1.58. The molecular formula is C24H30N4O3. The molecule has 0 radical (unpaired) electrons. The highest BCUT2D eigenvalue weighted by Gasteiger charge is 2.21. The lowest BCUT2D eigenvalue weighted by molar-refractivity contribution is -0.128. The maximum absolute atomic E-state index is 12.8. The number of ether oxygens (including phenoxy) is 1. The van der Waals surface area contributed by atoms with E-state index in [1.54, 1.807) is 0 Å². The molecule has 0 spiro atoms. The number of rotatable bonds is 10. The number of aromatic amines is 1. The van der Waals surface area contributed by atoms with E-state index in [1.165, 1.54) is 6.92 Å². The number of fused-ring (bicyclic) bond motifs is 1. The van der Waals surface area contributed by atoms with E-state index < -0.39 is 6.04 Å². The van der Waals surface area contributed by atoms with Gasteiger partial charge in [-0.3, -0.25) is 9.59 Å². The standard InChI is InChI=1S/C24H30N4O3/c1-17(29)27-23(14-19-16-25-22-7-5-4-6-21(19)22)24(30)26-15-18-8-10-20(11-9-18)31-13-12-28(2)3/h4-11,16,23,25H,12-15H2,1-3H3,(H,26,30)(H,27,29). The zero-order valence-electron chi connectivity index (χ0n) is 18.3. The fourth-order valence-electron chi connectivity index (χ4n) is 3.34. The van der Waals surface area contributed by atoms with Crippen molar-refractivity contribution >= 4 is 22.7 Å². The number of likely N-dealkylation sites (N-methyl/N-ethyl adjacent to an activating group) is 1. The summed E-state index contributed by atoms with van der Waals surface area (Å²) in [6, 6.07) is 14.9. The molecule has 0 fully saturated rings. The minimum atomic E-state index is -0.648. The summed E-state index contributed by atoms with van der Waals surface area (Å²) in [6.45, 7) is 3.26. The quantitative estimate of drug-likeness (QED) is 0.469. The Bertz CT molecular complexity index is 1010. The van der Waals surface area contributed by atoms with Crippen molar-refractivity contribution in [1.29, 1.82) is 0 Å². The van der Waals surface area contributed by atoms with Gasteiger partial charge in [0.05, 0.1) is 0 Å². The second-order valence-corrected chi connectivity index (χ2v) is 7.83. The third-order valence-corrected chi connectivity index (χ3v) is 4.99. The fraction of sp³-hybridized carbons (Fsp3) is 0.333. The third kappa shape index (κ3) is 6.58. The predicted octanol–water partition coefficient (Wildman–Crippen LogP) is 2.47. The smallest absolute Gasteiger partial charge is 0.243 e. The molecule has 3 aromatic rings. The number of H-pyrrole nitrogens is 1. The molecule has 2 amide bonds. The van der Waals surface area contributed by atoms with Gasteiger partial charge in [-0.25, -0.2) is 0 Å². The topological polar surface area (TPSA) is 86.5 Å². The van der Waals surface area contributed by atoms with Crippen LogP contribution >= 0.6 is 0 Å². The summed E-state index contributed by atoms with van der Waals surface area (Å²) in [7, 11) is 4.00. The molecular weight excluding hydrogens is 392 g/mol. The summed E-state index contributed by atoms with van der Waals surface area (Å²) in [5, 5.41) is 6.75. The second-order valence-electron chi connectivity index (χ2n) is 7.83. The van der Waals surface area contributed by atoms with Gasteiger partial charge >= 0.3 is 0 Å². The van der Waals surface area contributed by atoms with E-state index >= 15 is 0 Å². The Kier molecular flexibility index (Phi) is 7.67. The number of carbonyl (C=O) groups is 2. The van der Waals surface area contributed by atoms with Crippen molar-refractivity contribution in [3.8, 4) is 5.75 Å². The van der Waals surface area contributed by atoms with Crippen LogP contribution in [-0.4, -0.2) is 55.0 Å². The molecule has 1 aromatic heterocycles. The van der Waals surface area contributed by atoms with Gasteiger partial charge in [0.1, 0.15) is 18.4 Å². The maximum atomic E-state index is 12.8. The van der Waals surface area contributed by atoms with E-state index in [-0.39, 0.29) is 11.8 Å². The normalized spacial score (nSPS) is 12.0. The van der Waals surface area contributed by atoms with Crippen LogP contribution in [0.2, 0.25) is 0 Å². The lowest BCUT2D eigenvalue weighted by Crippen LogP contribution is -2.47. The molecule has 7 heteroatoms. The van der Waals surface area contributed by atoms with E-state index in [0.717, 1.165) is 34.3 Å². The van der Waals surface area contributed by atoms with Crippen LogP contribution in [0.4, 0.5) is 0 Å². The van der Waals surface area contributed by atoms with Crippen molar-refractivity contribution in [3.05, 3.63) is 65.9 Å². The maximum Gasteiger partial charge on any atom is 0.243 e. The summed E-state index contributed by atoms with van der Waals surface area (Å²) in [5.41, 5.74) is 2.96. The number of nitrogens with zero attached hydrogens (tertiary/aromatic N) is 1. The molecule has 2 aromatic carbocycles. The average molecular weight is 423 g/mol. The van der Waals surface area contributed by atoms with Crippen molar-refractivity contribution in [3.63, 3.8) is 0 Å². The first-order valence-electron chi connectivity index (χ1n) is 10.4. The van der Waals surface area contributed by atoms with Gasteiger partial charge in [0.25, 0.3) is 0 Å². The highest BCUT2D eigenvalue weighted by atomic mass is 16.5. The van der Waals surface area contributed by atoms with E-state index in [2.05, 4.69) is 20.5 Å². The van der Waals surface area contributed by atoms with Crippen LogP contribution < -0.4 is 15.4 Å². The van der Waals surface area contributed by atoms with E-state index in [9.17, 15) is 9.59 Å². The molecule has 164 valence electrons. The van der Waals surface area contributed by atoms with Crippen LogP contribution in [0.15, 0.2) is 54.7 Å². The number of para-hydroxylation sites is 1. The van der Waals surface area contributed by atoms with Crippen molar-refractivity contribution < 1.29 is 14.3 Å². The largest absolute Gasteiger partial charge is 0.492 e. The molecule has 7 nitrogen and oxygen atoms in total. The van der Waals surface area contributed by atoms with Gasteiger partial charge in [-0.2, -0.15) is 0 Å². The van der Waals surface area contributed by atoms with Crippen LogP contribution in [0.5, 0.6) is 5.75 Å². The zero-order valence-corrected chi connectivity index (χ0v) is 18.3. The number of hydrogen-bond donors (Lipinski definition) is 3. The molecule has 1 unspecified atom stereocenters. The number of carbonyl (C=O) groups excluding carboxylic acids is 2. The van der Waals surface area contributed by atoms with Crippen LogP contribution in [0, 0.1) is 0 Å². The molecule has 1 atom stereocenters. The summed E-state index contributed by atoms with van der Waals surface area (Å²) in [5.74, 6) is 0.346. The van der Waals surface area contributed by atoms with Crippen LogP contribution in [0.3, 0.4) is 0 Å². The zero-order chi connectivity index (χ0) is 22.2. The molecule has 0 aliphatic heterocycles. The highest BCUT2D eigenvalue weighted by molar-refractivity contribution is 5.89. The Morgan fingerprint density at radius 1 is 1.10 bits per heavy atom. The van der Waals surface area contributed by atoms with Gasteiger partial charge in [0.2, 0.25) is 11.8 Å². The van der Waals surface area contributed by atoms with Gasteiger partial charge < -0.3 is 25.3 Å². The average Bonchev–Trinajstić information content (AvgIpc) is 3.15. The Morgan fingerprint density at radius 3 is 2.55 bits per heavy atom. The molecule has 31 heavy (non-hydrogen) atoms. The van der Waals surface area contributed by atoms with Gasteiger partial charge in [-0.1, -0.05) is 30.3 Å². The molecule has 0 aliphatic rings. The minimum absolute atomic E-state index is 0.216. The predicted molar refractivity (Wildman–Crippen MR) is 122 cm³/mol. The molecule has 0 saturated carbocycles. The van der Waals surface area contributed by atoms with E-state index in [0.29, 0.717) is 19.6 Å². The molecule has 0 bridgehead atoms. The molecule has 1 heterocycles. The van der Waals surface area contributed by atoms with Gasteiger partial charge in [0, 0.05) is 43.5 Å². The van der Waals surface area contributed by atoms with Crippen molar-refractivity contribution in [2.45, 2.75) is 25.9 Å². The summed E-state index contributed by atoms with van der Waals surface area (Å²) in [4.78, 5) is 29.8. The second kappa shape index (κ2) is 10.6. The van der Waals surface area contributed by atoms with Crippen molar-refractivity contribution in [1.82, 2.24) is 20.5 Å². The Labute approximate surface area is 182 Å².